The van der Waals surface area contributed by atoms with Gasteiger partial charge in [-0.1, -0.05) is 42.3 Å². The van der Waals surface area contributed by atoms with Crippen LogP contribution in [-0.2, 0) is 6.54 Å². The number of ether oxygens (including phenoxy) is 1. The molecule has 0 saturated heterocycles. The highest BCUT2D eigenvalue weighted by Gasteiger charge is 2.08. The summed E-state index contributed by atoms with van der Waals surface area (Å²) in [6, 6.07) is 5.78. The number of halogens is 2. The first kappa shape index (κ1) is 15.4. The highest BCUT2D eigenvalue weighted by molar-refractivity contribution is 6.32. The molecule has 0 fully saturated rings. The first-order valence-electron chi connectivity index (χ1n) is 6.05. The Bertz CT molecular complexity index is 405. The Hall–Kier alpha value is -0.700. The molecule has 0 aliphatic rings. The third kappa shape index (κ3) is 4.89. The summed E-state index contributed by atoms with van der Waals surface area (Å²) in [6.07, 6.45) is 1.10. The smallest absolute Gasteiger partial charge is 0.142 e. The molecule has 1 aromatic carbocycles. The van der Waals surface area contributed by atoms with Gasteiger partial charge in [-0.2, -0.15) is 0 Å². The van der Waals surface area contributed by atoms with Crippen molar-refractivity contribution in [2.45, 2.75) is 26.8 Å². The van der Waals surface area contributed by atoms with E-state index in [4.69, 9.17) is 27.9 Å². The lowest BCUT2D eigenvalue weighted by molar-refractivity contribution is 0.347. The zero-order valence-electron chi connectivity index (χ0n) is 10.8. The number of hydrogen-bond donors (Lipinski definition) is 1. The van der Waals surface area contributed by atoms with Gasteiger partial charge < -0.3 is 10.1 Å². The Morgan fingerprint density at radius 1 is 1.44 bits per heavy atom. The molecule has 1 N–H and O–H groups in total. The van der Waals surface area contributed by atoms with Gasteiger partial charge in [0.25, 0.3) is 0 Å². The van der Waals surface area contributed by atoms with Crippen LogP contribution in [0.5, 0.6) is 5.75 Å². The summed E-state index contributed by atoms with van der Waals surface area (Å²) in [7, 11) is 0. The largest absolute Gasteiger partial charge is 0.487 e. The maximum atomic E-state index is 6.16. The Morgan fingerprint density at radius 2 is 2.22 bits per heavy atom. The molecule has 0 amide bonds. The van der Waals surface area contributed by atoms with E-state index in [1.807, 2.05) is 25.1 Å². The zero-order chi connectivity index (χ0) is 13.4. The van der Waals surface area contributed by atoms with Gasteiger partial charge in [-0.15, -0.1) is 0 Å². The zero-order valence-corrected chi connectivity index (χ0v) is 12.3. The van der Waals surface area contributed by atoms with E-state index in [2.05, 4.69) is 12.2 Å². The van der Waals surface area contributed by atoms with Gasteiger partial charge >= 0.3 is 0 Å². The molecule has 0 aliphatic carbocycles. The van der Waals surface area contributed by atoms with Gasteiger partial charge in [0, 0.05) is 17.6 Å². The summed E-state index contributed by atoms with van der Waals surface area (Å²) in [5.41, 5.74) is 3.55. The fraction of sp³-hybridized carbons (Fsp3) is 0.429. The van der Waals surface area contributed by atoms with E-state index in [0.29, 0.717) is 11.6 Å². The van der Waals surface area contributed by atoms with E-state index < -0.39 is 0 Å². The molecule has 0 unspecified atom stereocenters. The van der Waals surface area contributed by atoms with Crippen LogP contribution in [0.25, 0.3) is 0 Å². The van der Waals surface area contributed by atoms with Crippen molar-refractivity contribution in [3.8, 4) is 5.75 Å². The minimum absolute atomic E-state index is 0.452. The summed E-state index contributed by atoms with van der Waals surface area (Å²) in [6.45, 7) is 6.24. The van der Waals surface area contributed by atoms with Gasteiger partial charge in [-0.05, 0) is 31.5 Å². The summed E-state index contributed by atoms with van der Waals surface area (Å²) in [5.74, 6) is 0.737. The number of para-hydroxylation sites is 1. The lowest BCUT2D eigenvalue weighted by Gasteiger charge is -2.13. The fourth-order valence-corrected chi connectivity index (χ4v) is 1.78. The molecule has 0 aromatic heterocycles. The predicted octanol–water partition coefficient (Wildman–Crippen LogP) is 4.36. The lowest BCUT2D eigenvalue weighted by atomic mass is 10.2. The van der Waals surface area contributed by atoms with Crippen molar-refractivity contribution in [3.05, 3.63) is 39.9 Å². The van der Waals surface area contributed by atoms with Gasteiger partial charge in [0.2, 0.25) is 0 Å². The quantitative estimate of drug-likeness (QED) is 0.753. The first-order chi connectivity index (χ1) is 8.69. The second-order valence-corrected chi connectivity index (χ2v) is 4.77. The second-order valence-electron chi connectivity index (χ2n) is 4.15. The van der Waals surface area contributed by atoms with E-state index in [-0.39, 0.29) is 0 Å². The van der Waals surface area contributed by atoms with Crippen LogP contribution < -0.4 is 10.1 Å². The molecular weight excluding hydrogens is 269 g/mol. The fourth-order valence-electron chi connectivity index (χ4n) is 1.47. The van der Waals surface area contributed by atoms with Crippen LogP contribution in [0.15, 0.2) is 29.3 Å². The maximum absolute atomic E-state index is 6.16. The van der Waals surface area contributed by atoms with Crippen LogP contribution in [0, 0.1) is 0 Å². The molecule has 0 spiro atoms. The average Bonchev–Trinajstić information content (AvgIpc) is 2.38. The number of benzene rings is 1. The number of hydrogen-bond acceptors (Lipinski definition) is 2. The van der Waals surface area contributed by atoms with Crippen molar-refractivity contribution in [1.82, 2.24) is 5.32 Å². The first-order valence-corrected chi connectivity index (χ1v) is 6.87. The van der Waals surface area contributed by atoms with Crippen LogP contribution in [0.2, 0.25) is 5.02 Å². The molecule has 0 radical (unpaired) electrons. The van der Waals surface area contributed by atoms with Gasteiger partial charge in [0.05, 0.1) is 5.02 Å². The SMILES string of the molecule is CCCNCc1cccc(Cl)c1OC/C(C)=C/Cl. The monoisotopic (exact) mass is 287 g/mol. The summed E-state index contributed by atoms with van der Waals surface area (Å²) in [5, 5.41) is 3.97. The second kappa shape index (κ2) is 8.41. The predicted molar refractivity (Wildman–Crippen MR) is 78.6 cm³/mol. The lowest BCUT2D eigenvalue weighted by Crippen LogP contribution is -2.15. The summed E-state index contributed by atoms with van der Waals surface area (Å²) < 4.78 is 5.73. The number of rotatable bonds is 7. The molecule has 4 heteroatoms. The van der Waals surface area contributed by atoms with Crippen molar-refractivity contribution in [1.29, 1.82) is 0 Å². The Labute approximate surface area is 119 Å². The van der Waals surface area contributed by atoms with Gasteiger partial charge in [-0.25, -0.2) is 0 Å². The molecular formula is C14H19Cl2NO. The molecule has 0 saturated carbocycles. The van der Waals surface area contributed by atoms with Crippen molar-refractivity contribution in [2.24, 2.45) is 0 Å². The molecule has 2 nitrogen and oxygen atoms in total. The normalized spacial score (nSPS) is 11.7. The third-order valence-corrected chi connectivity index (χ3v) is 3.09. The molecule has 1 aromatic rings. The highest BCUT2D eigenvalue weighted by Crippen LogP contribution is 2.29. The Morgan fingerprint density at radius 3 is 2.89 bits per heavy atom. The molecule has 1 rings (SSSR count). The van der Waals surface area contributed by atoms with Crippen molar-refractivity contribution in [2.75, 3.05) is 13.2 Å². The van der Waals surface area contributed by atoms with E-state index in [1.54, 1.807) is 0 Å². The van der Waals surface area contributed by atoms with E-state index in [9.17, 15) is 0 Å². The van der Waals surface area contributed by atoms with Gasteiger partial charge in [0.1, 0.15) is 12.4 Å². The van der Waals surface area contributed by atoms with Crippen molar-refractivity contribution in [3.63, 3.8) is 0 Å². The molecule has 0 bridgehead atoms. The molecule has 0 atom stereocenters. The summed E-state index contributed by atoms with van der Waals surface area (Å²) in [4.78, 5) is 0. The average molecular weight is 288 g/mol. The van der Waals surface area contributed by atoms with Crippen molar-refractivity contribution < 1.29 is 4.74 Å². The van der Waals surface area contributed by atoms with Gasteiger partial charge in [-0.3, -0.25) is 0 Å². The Balaban J connectivity index is 2.73. The minimum Gasteiger partial charge on any atom is -0.487 e. The molecule has 0 aliphatic heterocycles. The van der Waals surface area contributed by atoms with E-state index >= 15 is 0 Å². The maximum Gasteiger partial charge on any atom is 0.142 e. The molecule has 0 heterocycles. The summed E-state index contributed by atoms with van der Waals surface area (Å²) >= 11 is 11.8. The minimum atomic E-state index is 0.452. The van der Waals surface area contributed by atoms with Crippen LogP contribution in [-0.4, -0.2) is 13.2 Å². The number of nitrogens with one attached hydrogen (secondary N) is 1. The van der Waals surface area contributed by atoms with E-state index in [0.717, 1.165) is 36.4 Å². The van der Waals surface area contributed by atoms with Crippen LogP contribution in [0.3, 0.4) is 0 Å². The molecule has 18 heavy (non-hydrogen) atoms. The third-order valence-electron chi connectivity index (χ3n) is 2.42. The van der Waals surface area contributed by atoms with E-state index in [1.165, 1.54) is 5.54 Å². The topological polar surface area (TPSA) is 21.3 Å². The van der Waals surface area contributed by atoms with Crippen LogP contribution in [0.1, 0.15) is 25.8 Å². The van der Waals surface area contributed by atoms with Gasteiger partial charge in [0.15, 0.2) is 0 Å². The molecule has 100 valence electrons. The van der Waals surface area contributed by atoms with Crippen LogP contribution in [0.4, 0.5) is 0 Å². The van der Waals surface area contributed by atoms with Crippen molar-refractivity contribution >= 4 is 23.2 Å². The highest BCUT2D eigenvalue weighted by atomic mass is 35.5. The van der Waals surface area contributed by atoms with Crippen LogP contribution >= 0.6 is 23.2 Å². The standard InChI is InChI=1S/C14H19Cl2NO/c1-3-7-17-9-12-5-4-6-13(16)14(12)18-10-11(2)8-15/h4-6,8,17H,3,7,9-10H2,1-2H3/b11-8+. The Kier molecular flexibility index (Phi) is 7.18.